The minimum Gasteiger partial charge on any atom is -0.460 e. The predicted molar refractivity (Wildman–Crippen MR) is 83.4 cm³/mol. The molecule has 1 fully saturated rings. The first-order valence-corrected chi connectivity index (χ1v) is 7.63. The Morgan fingerprint density at radius 1 is 1.33 bits per heavy atom. The third-order valence-electron chi connectivity index (χ3n) is 3.73. The zero-order chi connectivity index (χ0) is 15.5. The lowest BCUT2D eigenvalue weighted by Crippen LogP contribution is -2.53. The molecule has 4 nitrogen and oxygen atoms in total. The molecule has 1 aromatic rings. The molecule has 1 aliphatic rings. The van der Waals surface area contributed by atoms with Crippen LogP contribution in [0.5, 0.6) is 0 Å². The van der Waals surface area contributed by atoms with Gasteiger partial charge >= 0.3 is 5.97 Å². The monoisotopic (exact) mass is 290 g/mol. The van der Waals surface area contributed by atoms with Gasteiger partial charge < -0.3 is 10.5 Å². The number of likely N-dealkylation sites (tertiary alicyclic amines) is 1. The van der Waals surface area contributed by atoms with Crippen LogP contribution in [0, 0.1) is 5.92 Å². The highest BCUT2D eigenvalue weighted by Crippen LogP contribution is 2.25. The highest BCUT2D eigenvalue weighted by molar-refractivity contribution is 5.73. The van der Waals surface area contributed by atoms with E-state index in [0.29, 0.717) is 0 Å². The molecule has 1 aromatic carbocycles. The number of piperidine rings is 1. The smallest absolute Gasteiger partial charge is 0.312 e. The number of ether oxygens (including phenoxy) is 1. The molecule has 2 rings (SSSR count). The van der Waals surface area contributed by atoms with Gasteiger partial charge in [-0.05, 0) is 39.2 Å². The number of nitrogens with zero attached hydrogens (tertiary/aromatic N) is 1. The Bertz CT molecular complexity index is 467. The molecule has 21 heavy (non-hydrogen) atoms. The van der Waals surface area contributed by atoms with Gasteiger partial charge in [0.2, 0.25) is 0 Å². The summed E-state index contributed by atoms with van der Waals surface area (Å²) in [7, 11) is 0. The fourth-order valence-electron chi connectivity index (χ4n) is 2.73. The van der Waals surface area contributed by atoms with E-state index in [2.05, 4.69) is 17.0 Å². The van der Waals surface area contributed by atoms with E-state index < -0.39 is 5.60 Å². The van der Waals surface area contributed by atoms with Crippen LogP contribution in [0.4, 0.5) is 0 Å². The first kappa shape index (κ1) is 16.0. The second kappa shape index (κ2) is 6.58. The number of hydrogen-bond acceptors (Lipinski definition) is 4. The fourth-order valence-corrected chi connectivity index (χ4v) is 2.73. The Morgan fingerprint density at radius 3 is 2.62 bits per heavy atom. The van der Waals surface area contributed by atoms with Gasteiger partial charge in [0.1, 0.15) is 5.60 Å². The maximum Gasteiger partial charge on any atom is 0.312 e. The molecule has 116 valence electrons. The predicted octanol–water partition coefficient (Wildman–Crippen LogP) is 2.53. The Hall–Kier alpha value is -1.39. The van der Waals surface area contributed by atoms with Gasteiger partial charge in [0.05, 0.1) is 12.1 Å². The molecule has 0 bridgehead atoms. The summed E-state index contributed by atoms with van der Waals surface area (Å²) >= 11 is 0. The number of benzene rings is 1. The summed E-state index contributed by atoms with van der Waals surface area (Å²) in [6, 6.07) is 10.2. The highest BCUT2D eigenvalue weighted by Gasteiger charge is 2.36. The van der Waals surface area contributed by atoms with Crippen LogP contribution in [-0.4, -0.2) is 29.2 Å². The van der Waals surface area contributed by atoms with E-state index in [-0.39, 0.29) is 18.1 Å². The maximum atomic E-state index is 12.3. The van der Waals surface area contributed by atoms with Crippen molar-refractivity contribution in [2.24, 2.45) is 11.7 Å². The standard InChI is InChI=1S/C17H26N2O2/c1-17(2,3)21-16(20)14-10-7-11-19(15(14)18)12-13-8-5-4-6-9-13/h4-6,8-9,14-15H,7,10-12,18H2,1-3H3. The van der Waals surface area contributed by atoms with Gasteiger partial charge in [-0.25, -0.2) is 0 Å². The van der Waals surface area contributed by atoms with Gasteiger partial charge in [-0.1, -0.05) is 30.3 Å². The van der Waals surface area contributed by atoms with E-state index in [9.17, 15) is 4.79 Å². The van der Waals surface area contributed by atoms with E-state index in [1.165, 1.54) is 5.56 Å². The first-order chi connectivity index (χ1) is 9.87. The average molecular weight is 290 g/mol. The van der Waals surface area contributed by atoms with Crippen molar-refractivity contribution in [3.63, 3.8) is 0 Å². The summed E-state index contributed by atoms with van der Waals surface area (Å²) in [5.41, 5.74) is 7.08. The second-order valence-electron chi connectivity index (χ2n) is 6.73. The molecule has 0 aromatic heterocycles. The lowest BCUT2D eigenvalue weighted by Gasteiger charge is -2.38. The van der Waals surface area contributed by atoms with Gasteiger partial charge in [-0.3, -0.25) is 9.69 Å². The molecule has 2 unspecified atom stereocenters. The fraction of sp³-hybridized carbons (Fsp3) is 0.588. The molecular formula is C17H26N2O2. The van der Waals surface area contributed by atoms with Crippen LogP contribution >= 0.6 is 0 Å². The first-order valence-electron chi connectivity index (χ1n) is 7.63. The second-order valence-corrected chi connectivity index (χ2v) is 6.73. The Kier molecular flexibility index (Phi) is 5.01. The van der Waals surface area contributed by atoms with E-state index in [1.54, 1.807) is 0 Å². The molecule has 4 heteroatoms. The number of hydrogen-bond donors (Lipinski definition) is 1. The maximum absolute atomic E-state index is 12.3. The molecule has 2 N–H and O–H groups in total. The van der Waals surface area contributed by atoms with Gasteiger partial charge in [0, 0.05) is 13.1 Å². The third kappa shape index (κ3) is 4.55. The summed E-state index contributed by atoms with van der Waals surface area (Å²) in [6.45, 7) is 7.37. The topological polar surface area (TPSA) is 55.6 Å². The number of carbonyl (C=O) groups excluding carboxylic acids is 1. The SMILES string of the molecule is CC(C)(C)OC(=O)C1CCCN(Cc2ccccc2)C1N. The Labute approximate surface area is 127 Å². The minimum absolute atomic E-state index is 0.173. The molecule has 1 aliphatic heterocycles. The van der Waals surface area contributed by atoms with Gasteiger partial charge in [0.25, 0.3) is 0 Å². The summed E-state index contributed by atoms with van der Waals surface area (Å²) in [6.07, 6.45) is 1.51. The lowest BCUT2D eigenvalue weighted by atomic mass is 9.94. The van der Waals surface area contributed by atoms with Crippen LogP contribution in [0.25, 0.3) is 0 Å². The van der Waals surface area contributed by atoms with Crippen LogP contribution in [0.3, 0.4) is 0 Å². The van der Waals surface area contributed by atoms with Crippen molar-refractivity contribution < 1.29 is 9.53 Å². The minimum atomic E-state index is -0.460. The number of carbonyl (C=O) groups is 1. The van der Waals surface area contributed by atoms with Gasteiger partial charge in [-0.15, -0.1) is 0 Å². The lowest BCUT2D eigenvalue weighted by molar-refractivity contribution is -0.164. The molecule has 0 saturated carbocycles. The normalized spacial score (nSPS) is 23.8. The molecule has 0 aliphatic carbocycles. The van der Waals surface area contributed by atoms with Crippen molar-refractivity contribution >= 4 is 5.97 Å². The van der Waals surface area contributed by atoms with Crippen LogP contribution in [0.15, 0.2) is 30.3 Å². The molecule has 0 spiro atoms. The molecular weight excluding hydrogens is 264 g/mol. The molecule has 2 atom stereocenters. The molecule has 0 amide bonds. The van der Waals surface area contributed by atoms with Crippen molar-refractivity contribution in [3.05, 3.63) is 35.9 Å². The summed E-state index contributed by atoms with van der Waals surface area (Å²) in [5.74, 6) is -0.408. The van der Waals surface area contributed by atoms with E-state index in [0.717, 1.165) is 25.9 Å². The summed E-state index contributed by atoms with van der Waals surface area (Å²) < 4.78 is 5.50. The van der Waals surface area contributed by atoms with Crippen molar-refractivity contribution in [2.75, 3.05) is 6.54 Å². The van der Waals surface area contributed by atoms with Gasteiger partial charge in [-0.2, -0.15) is 0 Å². The quantitative estimate of drug-likeness (QED) is 0.869. The van der Waals surface area contributed by atoms with Crippen molar-refractivity contribution in [2.45, 2.75) is 51.9 Å². The number of rotatable bonds is 3. The van der Waals surface area contributed by atoms with Crippen LogP contribution in [0.2, 0.25) is 0 Å². The summed E-state index contributed by atoms with van der Waals surface area (Å²) in [5, 5.41) is 0. The highest BCUT2D eigenvalue weighted by atomic mass is 16.6. The van der Waals surface area contributed by atoms with Crippen molar-refractivity contribution in [1.29, 1.82) is 0 Å². The van der Waals surface area contributed by atoms with Gasteiger partial charge in [0.15, 0.2) is 0 Å². The molecule has 0 radical (unpaired) electrons. The number of nitrogens with two attached hydrogens (primary N) is 1. The van der Waals surface area contributed by atoms with Crippen molar-refractivity contribution in [1.82, 2.24) is 4.90 Å². The Balaban J connectivity index is 2.01. The van der Waals surface area contributed by atoms with Crippen LogP contribution in [0.1, 0.15) is 39.2 Å². The van der Waals surface area contributed by atoms with Crippen LogP contribution in [-0.2, 0) is 16.1 Å². The van der Waals surface area contributed by atoms with E-state index in [4.69, 9.17) is 10.5 Å². The summed E-state index contributed by atoms with van der Waals surface area (Å²) in [4.78, 5) is 14.5. The van der Waals surface area contributed by atoms with E-state index in [1.807, 2.05) is 39.0 Å². The number of esters is 1. The average Bonchev–Trinajstić information content (AvgIpc) is 2.40. The Morgan fingerprint density at radius 2 is 2.00 bits per heavy atom. The zero-order valence-corrected chi connectivity index (χ0v) is 13.2. The molecule has 1 heterocycles. The van der Waals surface area contributed by atoms with Crippen molar-refractivity contribution in [3.8, 4) is 0 Å². The zero-order valence-electron chi connectivity index (χ0n) is 13.2. The molecule has 1 saturated heterocycles. The largest absolute Gasteiger partial charge is 0.460 e. The van der Waals surface area contributed by atoms with E-state index >= 15 is 0 Å². The third-order valence-corrected chi connectivity index (χ3v) is 3.73. The van der Waals surface area contributed by atoms with Crippen LogP contribution < -0.4 is 5.73 Å².